The van der Waals surface area contributed by atoms with E-state index in [1.54, 1.807) is 0 Å². The summed E-state index contributed by atoms with van der Waals surface area (Å²) >= 11 is 0. The second-order valence-electron chi connectivity index (χ2n) is 2.65. The molecule has 0 bridgehead atoms. The van der Waals surface area contributed by atoms with E-state index in [0.29, 0.717) is 5.90 Å². The summed E-state index contributed by atoms with van der Waals surface area (Å²) < 4.78 is 0. The average molecular weight is 156 g/mol. The molecule has 0 radical (unpaired) electrons. The van der Waals surface area contributed by atoms with E-state index in [9.17, 15) is 0 Å². The van der Waals surface area contributed by atoms with Crippen LogP contribution >= 0.6 is 0 Å². The zero-order valence-electron chi connectivity index (χ0n) is 7.59. The predicted molar refractivity (Wildman–Crippen MR) is 47.0 cm³/mol. The lowest BCUT2D eigenvalue weighted by Gasteiger charge is -2.06. The molecule has 0 amide bonds. The summed E-state index contributed by atoms with van der Waals surface area (Å²) in [6, 6.07) is 0. The first-order valence-electron chi connectivity index (χ1n) is 3.70. The van der Waals surface area contributed by atoms with E-state index in [0.717, 1.165) is 5.70 Å². The van der Waals surface area contributed by atoms with Crippen LogP contribution in [0.5, 0.6) is 0 Å². The van der Waals surface area contributed by atoms with Gasteiger partial charge in [-0.05, 0) is 13.8 Å². The van der Waals surface area contributed by atoms with Gasteiger partial charge in [0, 0.05) is 11.6 Å². The van der Waals surface area contributed by atoms with Crippen molar-refractivity contribution < 1.29 is 4.84 Å². The summed E-state index contributed by atoms with van der Waals surface area (Å²) in [7, 11) is 0. The van der Waals surface area contributed by atoms with Gasteiger partial charge in [-0.15, -0.1) is 0 Å². The van der Waals surface area contributed by atoms with Crippen molar-refractivity contribution in [2.45, 2.75) is 27.7 Å². The van der Waals surface area contributed by atoms with Crippen molar-refractivity contribution >= 4 is 5.90 Å². The molecule has 0 aliphatic rings. The van der Waals surface area contributed by atoms with Crippen molar-refractivity contribution in [1.82, 2.24) is 0 Å². The molecule has 0 aromatic heterocycles. The van der Waals surface area contributed by atoms with Gasteiger partial charge in [0.1, 0.15) is 0 Å². The largest absolute Gasteiger partial charge is 0.396 e. The van der Waals surface area contributed by atoms with E-state index in [4.69, 9.17) is 5.90 Å². The second-order valence-corrected chi connectivity index (χ2v) is 2.65. The molecule has 0 aliphatic carbocycles. The molecule has 0 aliphatic heterocycles. The zero-order valence-corrected chi connectivity index (χ0v) is 7.59. The molecule has 0 rings (SSSR count). The van der Waals surface area contributed by atoms with E-state index in [-0.39, 0.29) is 5.92 Å². The zero-order chi connectivity index (χ0) is 8.85. The summed E-state index contributed by atoms with van der Waals surface area (Å²) in [4.78, 5) is 8.74. The normalized spacial score (nSPS) is 14.0. The molecule has 0 aromatic rings. The van der Waals surface area contributed by atoms with Gasteiger partial charge in [0.05, 0.1) is 0 Å². The fraction of sp³-hybridized carbons (Fsp3) is 0.625. The molecule has 0 spiro atoms. The Morgan fingerprint density at radius 2 is 2.09 bits per heavy atom. The number of nitrogens with zero attached hydrogens (tertiary/aromatic N) is 1. The number of allylic oxidation sites excluding steroid dienone is 2. The van der Waals surface area contributed by atoms with Crippen LogP contribution in [0.25, 0.3) is 0 Å². The maximum Gasteiger partial charge on any atom is 0.216 e. The molecule has 0 atom stereocenters. The van der Waals surface area contributed by atoms with Crippen LogP contribution in [-0.4, -0.2) is 5.90 Å². The van der Waals surface area contributed by atoms with Crippen LogP contribution in [0.1, 0.15) is 27.7 Å². The maximum absolute atomic E-state index is 5.02. The van der Waals surface area contributed by atoms with Gasteiger partial charge in [-0.3, -0.25) is 0 Å². The van der Waals surface area contributed by atoms with Crippen molar-refractivity contribution in [3.05, 3.63) is 11.8 Å². The molecular weight excluding hydrogens is 140 g/mol. The smallest absolute Gasteiger partial charge is 0.216 e. The number of rotatable bonds is 2. The number of hydrogen-bond donors (Lipinski definition) is 1. The molecule has 0 saturated heterocycles. The van der Waals surface area contributed by atoms with Crippen LogP contribution in [0.3, 0.4) is 0 Å². The molecule has 3 heteroatoms. The van der Waals surface area contributed by atoms with Crippen molar-refractivity contribution in [1.29, 1.82) is 0 Å². The molecule has 0 heterocycles. The van der Waals surface area contributed by atoms with E-state index in [1.165, 1.54) is 0 Å². The Balaban J connectivity index is 4.35. The van der Waals surface area contributed by atoms with Gasteiger partial charge in [-0.2, -0.15) is 5.90 Å². The van der Waals surface area contributed by atoms with Crippen LogP contribution in [-0.2, 0) is 4.84 Å². The Bertz CT molecular complexity index is 171. The van der Waals surface area contributed by atoms with Crippen LogP contribution in [0, 0.1) is 5.92 Å². The van der Waals surface area contributed by atoms with E-state index in [1.807, 2.05) is 33.8 Å². The Kier molecular flexibility index (Phi) is 4.54. The molecular formula is C8H16N2O. The van der Waals surface area contributed by atoms with Crippen molar-refractivity contribution in [2.24, 2.45) is 16.8 Å². The van der Waals surface area contributed by atoms with Crippen LogP contribution in [0.15, 0.2) is 16.8 Å². The SMILES string of the molecule is C/C=C(C)/N=C(\ON)C(C)C. The van der Waals surface area contributed by atoms with Crippen molar-refractivity contribution in [2.75, 3.05) is 0 Å². The van der Waals surface area contributed by atoms with Gasteiger partial charge in [0.15, 0.2) is 0 Å². The van der Waals surface area contributed by atoms with Gasteiger partial charge < -0.3 is 4.84 Å². The fourth-order valence-electron chi connectivity index (χ4n) is 0.530. The standard InChI is InChI=1S/C8H16N2O/c1-5-7(4)10-8(11-9)6(2)3/h5-6H,9H2,1-4H3/b7-5+,10-8-. The second kappa shape index (κ2) is 4.91. The molecule has 0 unspecified atom stereocenters. The first kappa shape index (κ1) is 10.2. The molecule has 11 heavy (non-hydrogen) atoms. The molecule has 0 aromatic carbocycles. The molecule has 3 nitrogen and oxygen atoms in total. The minimum Gasteiger partial charge on any atom is -0.396 e. The van der Waals surface area contributed by atoms with E-state index in [2.05, 4.69) is 9.83 Å². The third-order valence-electron chi connectivity index (χ3n) is 1.32. The maximum atomic E-state index is 5.02. The lowest BCUT2D eigenvalue weighted by molar-refractivity contribution is 0.299. The Morgan fingerprint density at radius 3 is 2.36 bits per heavy atom. The van der Waals surface area contributed by atoms with Crippen molar-refractivity contribution in [3.8, 4) is 0 Å². The number of nitrogens with two attached hydrogens (primary N) is 1. The highest BCUT2D eigenvalue weighted by Crippen LogP contribution is 2.02. The number of hydrogen-bond acceptors (Lipinski definition) is 3. The summed E-state index contributed by atoms with van der Waals surface area (Å²) in [6.07, 6.45) is 1.90. The van der Waals surface area contributed by atoms with Crippen LogP contribution in [0.2, 0.25) is 0 Å². The minimum atomic E-state index is 0.231. The third-order valence-corrected chi connectivity index (χ3v) is 1.32. The summed E-state index contributed by atoms with van der Waals surface area (Å²) in [5, 5.41) is 0. The van der Waals surface area contributed by atoms with Gasteiger partial charge in [0.25, 0.3) is 0 Å². The van der Waals surface area contributed by atoms with Gasteiger partial charge in [-0.1, -0.05) is 19.9 Å². The summed E-state index contributed by atoms with van der Waals surface area (Å²) in [5.41, 5.74) is 0.916. The van der Waals surface area contributed by atoms with Crippen molar-refractivity contribution in [3.63, 3.8) is 0 Å². The van der Waals surface area contributed by atoms with E-state index >= 15 is 0 Å². The van der Waals surface area contributed by atoms with Gasteiger partial charge >= 0.3 is 0 Å². The third kappa shape index (κ3) is 3.78. The van der Waals surface area contributed by atoms with Gasteiger partial charge in [-0.25, -0.2) is 4.99 Å². The highest BCUT2D eigenvalue weighted by molar-refractivity contribution is 5.78. The first-order valence-corrected chi connectivity index (χ1v) is 3.70. The Hall–Kier alpha value is -0.830. The van der Waals surface area contributed by atoms with Crippen LogP contribution < -0.4 is 5.90 Å². The molecule has 0 saturated carbocycles. The lowest BCUT2D eigenvalue weighted by atomic mass is 10.2. The predicted octanol–water partition coefficient (Wildman–Crippen LogP) is 1.85. The Morgan fingerprint density at radius 1 is 1.55 bits per heavy atom. The minimum absolute atomic E-state index is 0.231. The lowest BCUT2D eigenvalue weighted by Crippen LogP contribution is -2.16. The Labute approximate surface area is 67.9 Å². The molecule has 0 fully saturated rings. The summed E-state index contributed by atoms with van der Waals surface area (Å²) in [5.74, 6) is 5.82. The highest BCUT2D eigenvalue weighted by atomic mass is 16.6. The van der Waals surface area contributed by atoms with Crippen LogP contribution in [0.4, 0.5) is 0 Å². The average Bonchev–Trinajstić information content (AvgIpc) is 1.99. The van der Waals surface area contributed by atoms with E-state index < -0.39 is 0 Å². The topological polar surface area (TPSA) is 47.6 Å². The summed E-state index contributed by atoms with van der Waals surface area (Å²) in [6.45, 7) is 7.79. The quantitative estimate of drug-likeness (QED) is 0.377. The first-order chi connectivity index (χ1) is 5.11. The number of aliphatic imine (C=N–C) groups is 1. The molecule has 64 valence electrons. The molecule has 2 N–H and O–H groups in total. The monoisotopic (exact) mass is 156 g/mol. The highest BCUT2D eigenvalue weighted by Gasteiger charge is 2.04. The fourth-order valence-corrected chi connectivity index (χ4v) is 0.530. The van der Waals surface area contributed by atoms with Gasteiger partial charge in [0.2, 0.25) is 5.90 Å².